The third kappa shape index (κ3) is 4.32. The molecular weight excluding hydrogens is 342 g/mol. The molecule has 3 rings (SSSR count). The summed E-state index contributed by atoms with van der Waals surface area (Å²) in [6.07, 6.45) is 0.104. The normalized spacial score (nSPS) is 15.4. The van der Waals surface area contributed by atoms with Crippen molar-refractivity contribution in [2.45, 2.75) is 13.3 Å². The van der Waals surface area contributed by atoms with E-state index in [1.165, 1.54) is 0 Å². The second kappa shape index (κ2) is 7.89. The highest BCUT2D eigenvalue weighted by molar-refractivity contribution is 6.30. The number of oxazole rings is 1. The summed E-state index contributed by atoms with van der Waals surface area (Å²) in [5.74, 6) is 0.852. The molecule has 0 saturated carbocycles. The maximum atomic E-state index is 11.9. The Morgan fingerprint density at radius 3 is 2.56 bits per heavy atom. The molecule has 1 fully saturated rings. The highest BCUT2D eigenvalue weighted by Crippen LogP contribution is 2.30. The number of benzene rings is 1. The number of esters is 1. The van der Waals surface area contributed by atoms with Crippen molar-refractivity contribution in [3.8, 4) is 11.5 Å². The molecule has 1 saturated heterocycles. The van der Waals surface area contributed by atoms with Crippen molar-refractivity contribution in [2.75, 3.05) is 44.7 Å². The topological polar surface area (TPSA) is 58.8 Å². The number of ether oxygens (including phenoxy) is 1. The van der Waals surface area contributed by atoms with Crippen LogP contribution in [0.2, 0.25) is 5.02 Å². The first-order valence-electron chi connectivity index (χ1n) is 8.41. The van der Waals surface area contributed by atoms with Crippen LogP contribution in [0.1, 0.15) is 12.6 Å². The van der Waals surface area contributed by atoms with Crippen molar-refractivity contribution in [3.63, 3.8) is 0 Å². The average molecular weight is 364 g/mol. The lowest BCUT2D eigenvalue weighted by molar-refractivity contribution is -0.142. The Morgan fingerprint density at radius 2 is 1.92 bits per heavy atom. The van der Waals surface area contributed by atoms with Gasteiger partial charge in [-0.3, -0.25) is 4.79 Å². The van der Waals surface area contributed by atoms with Gasteiger partial charge in [-0.15, -0.1) is 0 Å². The van der Waals surface area contributed by atoms with Crippen LogP contribution in [0.5, 0.6) is 0 Å². The van der Waals surface area contributed by atoms with Crippen LogP contribution in [0.25, 0.3) is 11.5 Å². The molecule has 1 aromatic carbocycles. The van der Waals surface area contributed by atoms with Gasteiger partial charge in [-0.2, -0.15) is 0 Å². The molecule has 0 spiro atoms. The van der Waals surface area contributed by atoms with Gasteiger partial charge in [-0.25, -0.2) is 4.98 Å². The number of hydrogen-bond donors (Lipinski definition) is 0. The molecule has 0 radical (unpaired) electrons. The average Bonchev–Trinajstić information content (AvgIpc) is 3.00. The van der Waals surface area contributed by atoms with Gasteiger partial charge in [0, 0.05) is 36.8 Å². The smallest absolute Gasteiger partial charge is 0.312 e. The third-order valence-electron chi connectivity index (χ3n) is 4.18. The zero-order valence-corrected chi connectivity index (χ0v) is 15.3. The zero-order chi connectivity index (χ0) is 17.8. The third-order valence-corrected chi connectivity index (χ3v) is 4.43. The number of aromatic nitrogens is 1. The monoisotopic (exact) mass is 363 g/mol. The summed E-state index contributed by atoms with van der Waals surface area (Å²) in [4.78, 5) is 20.9. The number of anilines is 1. The van der Waals surface area contributed by atoms with Gasteiger partial charge in [0.25, 0.3) is 0 Å². The summed E-state index contributed by atoms with van der Waals surface area (Å²) in [5.41, 5.74) is 1.45. The molecule has 1 aliphatic rings. The van der Waals surface area contributed by atoms with Gasteiger partial charge in [-0.05, 0) is 38.2 Å². The predicted molar refractivity (Wildman–Crippen MR) is 97.0 cm³/mol. The van der Waals surface area contributed by atoms with E-state index in [9.17, 15) is 4.79 Å². The Labute approximate surface area is 152 Å². The Balaban J connectivity index is 1.90. The van der Waals surface area contributed by atoms with E-state index < -0.39 is 0 Å². The molecular formula is C18H22ClN3O3. The van der Waals surface area contributed by atoms with Gasteiger partial charge < -0.3 is 19.0 Å². The van der Waals surface area contributed by atoms with Crippen LogP contribution in [-0.2, 0) is 16.0 Å². The van der Waals surface area contributed by atoms with Crippen molar-refractivity contribution in [1.29, 1.82) is 0 Å². The summed E-state index contributed by atoms with van der Waals surface area (Å²) < 4.78 is 11.1. The minimum absolute atomic E-state index is 0.104. The number of carbonyl (C=O) groups is 1. The van der Waals surface area contributed by atoms with E-state index in [0.29, 0.717) is 29.1 Å². The van der Waals surface area contributed by atoms with Crippen molar-refractivity contribution in [3.05, 3.63) is 35.0 Å². The first-order valence-corrected chi connectivity index (χ1v) is 8.79. The molecule has 25 heavy (non-hydrogen) atoms. The summed E-state index contributed by atoms with van der Waals surface area (Å²) in [5, 5.41) is 0.654. The number of carbonyl (C=O) groups excluding carboxylic acids is 1. The summed E-state index contributed by atoms with van der Waals surface area (Å²) in [6, 6.07) is 7.30. The molecule has 134 valence electrons. The van der Waals surface area contributed by atoms with Crippen LogP contribution < -0.4 is 4.90 Å². The van der Waals surface area contributed by atoms with Crippen LogP contribution in [0, 0.1) is 0 Å². The lowest BCUT2D eigenvalue weighted by Gasteiger charge is -2.32. The first kappa shape index (κ1) is 17.8. The maximum absolute atomic E-state index is 11.9. The van der Waals surface area contributed by atoms with Gasteiger partial charge in [0.05, 0.1) is 13.0 Å². The second-order valence-corrected chi connectivity index (χ2v) is 6.49. The van der Waals surface area contributed by atoms with Crippen molar-refractivity contribution < 1.29 is 13.9 Å². The Kier molecular flexibility index (Phi) is 5.60. The Hall–Kier alpha value is -2.05. The van der Waals surface area contributed by atoms with Gasteiger partial charge in [0.2, 0.25) is 11.8 Å². The maximum Gasteiger partial charge on any atom is 0.312 e. The fourth-order valence-electron chi connectivity index (χ4n) is 2.78. The lowest BCUT2D eigenvalue weighted by atomic mass is 10.2. The molecule has 2 aromatic rings. The molecule has 0 aliphatic carbocycles. The van der Waals surface area contributed by atoms with E-state index in [2.05, 4.69) is 21.8 Å². The highest BCUT2D eigenvalue weighted by Gasteiger charge is 2.25. The lowest BCUT2D eigenvalue weighted by Crippen LogP contribution is -2.44. The van der Waals surface area contributed by atoms with E-state index in [1.807, 2.05) is 12.1 Å². The Bertz CT molecular complexity index is 722. The molecule has 0 atom stereocenters. The number of halogens is 1. The minimum Gasteiger partial charge on any atom is -0.466 e. The highest BCUT2D eigenvalue weighted by atomic mass is 35.5. The minimum atomic E-state index is -0.297. The number of piperazine rings is 1. The molecule has 2 heterocycles. The first-order chi connectivity index (χ1) is 12.1. The molecule has 0 unspecified atom stereocenters. The quantitative estimate of drug-likeness (QED) is 0.761. The molecule has 0 amide bonds. The van der Waals surface area contributed by atoms with E-state index in [1.54, 1.807) is 19.1 Å². The van der Waals surface area contributed by atoms with Crippen molar-refractivity contribution in [2.24, 2.45) is 0 Å². The molecule has 0 bridgehead atoms. The van der Waals surface area contributed by atoms with Gasteiger partial charge in [0.15, 0.2) is 0 Å². The van der Waals surface area contributed by atoms with Crippen LogP contribution >= 0.6 is 11.6 Å². The van der Waals surface area contributed by atoms with Crippen molar-refractivity contribution in [1.82, 2.24) is 9.88 Å². The summed E-state index contributed by atoms with van der Waals surface area (Å²) in [6.45, 7) is 5.70. The summed E-state index contributed by atoms with van der Waals surface area (Å²) >= 11 is 5.95. The largest absolute Gasteiger partial charge is 0.466 e. The second-order valence-electron chi connectivity index (χ2n) is 6.05. The van der Waals surface area contributed by atoms with Crippen LogP contribution in [0.15, 0.2) is 28.7 Å². The number of likely N-dealkylation sites (N-methyl/N-ethyl adjacent to an activating group) is 1. The van der Waals surface area contributed by atoms with E-state index in [0.717, 1.165) is 31.7 Å². The van der Waals surface area contributed by atoms with Crippen LogP contribution in [-0.4, -0.2) is 55.7 Å². The number of nitrogens with zero attached hydrogens (tertiary/aromatic N) is 3. The molecule has 1 aliphatic heterocycles. The number of rotatable bonds is 5. The Morgan fingerprint density at radius 1 is 1.24 bits per heavy atom. The van der Waals surface area contributed by atoms with E-state index >= 15 is 0 Å². The molecule has 6 nitrogen and oxygen atoms in total. The number of hydrogen-bond acceptors (Lipinski definition) is 6. The van der Waals surface area contributed by atoms with E-state index in [-0.39, 0.29) is 12.4 Å². The van der Waals surface area contributed by atoms with Gasteiger partial charge in [-0.1, -0.05) is 11.6 Å². The molecule has 1 aromatic heterocycles. The predicted octanol–water partition coefficient (Wildman–Crippen LogP) is 2.85. The van der Waals surface area contributed by atoms with Crippen LogP contribution in [0.4, 0.5) is 5.88 Å². The standard InChI is InChI=1S/C18H22ClN3O3/c1-3-24-16(23)12-15-18(22-10-8-21(2)9-11-22)25-17(20-15)13-4-6-14(19)7-5-13/h4-7H,3,8-12H2,1-2H3. The molecule has 0 N–H and O–H groups in total. The molecule has 7 heteroatoms. The van der Waals surface area contributed by atoms with Crippen molar-refractivity contribution >= 4 is 23.5 Å². The SMILES string of the molecule is CCOC(=O)Cc1nc(-c2ccc(Cl)cc2)oc1N1CCN(C)CC1. The van der Waals surface area contributed by atoms with Gasteiger partial charge in [0.1, 0.15) is 5.69 Å². The van der Waals surface area contributed by atoms with Gasteiger partial charge >= 0.3 is 5.97 Å². The van der Waals surface area contributed by atoms with E-state index in [4.69, 9.17) is 20.8 Å². The fraction of sp³-hybridized carbons (Fsp3) is 0.444. The fourth-order valence-corrected chi connectivity index (χ4v) is 2.91. The zero-order valence-electron chi connectivity index (χ0n) is 14.5. The summed E-state index contributed by atoms with van der Waals surface area (Å²) in [7, 11) is 2.09. The van der Waals surface area contributed by atoms with Crippen LogP contribution in [0.3, 0.4) is 0 Å².